The molecule has 0 bridgehead atoms. The molecule has 0 radical (unpaired) electrons. The average Bonchev–Trinajstić information content (AvgIpc) is 2.43. The summed E-state index contributed by atoms with van der Waals surface area (Å²) in [7, 11) is 1.48. The van der Waals surface area contributed by atoms with Crippen molar-refractivity contribution in [3.63, 3.8) is 0 Å². The van der Waals surface area contributed by atoms with Gasteiger partial charge in [-0.05, 0) is 199 Å². The van der Waals surface area contributed by atoms with E-state index >= 15 is 4.79 Å². The number of piperidine rings is 1. The first-order valence-corrected chi connectivity index (χ1v) is 31.7. The third-order valence-electron chi connectivity index (χ3n) is 22.4. The van der Waals surface area contributed by atoms with Crippen molar-refractivity contribution in [1.82, 2.24) is 20.9 Å². The van der Waals surface area contributed by atoms with E-state index in [9.17, 15) is 35.4 Å². The molecule has 2 aliphatic heterocycles. The minimum Gasteiger partial charge on any atom is -0.504 e. The third kappa shape index (κ3) is 10.5. The Morgan fingerprint density at radius 3 is 2.48 bits per heavy atom. The smallest absolute Gasteiger partial charge is 0.160 e. The van der Waals surface area contributed by atoms with E-state index in [4.69, 9.17) is 10.5 Å². The predicted octanol–water partition coefficient (Wildman–Crippen LogP) is 7.83. The number of hydrogen-bond acceptors (Lipinski definition) is 13. The molecule has 0 amide bonds. The summed E-state index contributed by atoms with van der Waals surface area (Å²) in [6, 6.07) is 28.5. The zero-order chi connectivity index (χ0) is 58.8. The Morgan fingerprint density at radius 2 is 1.71 bits per heavy atom. The van der Waals surface area contributed by atoms with Gasteiger partial charge in [0, 0.05) is 66.9 Å². The number of aromatic hydroxyl groups is 1. The summed E-state index contributed by atoms with van der Waals surface area (Å²) < 4.78 is 5.60. The number of methoxy groups -OCH3 is 1. The number of H-pyrrole nitrogens is 1. The molecule has 1 aromatic heterocycles. The molecule has 8 aliphatic rings. The van der Waals surface area contributed by atoms with Crippen molar-refractivity contribution in [3.8, 4) is 23.3 Å². The summed E-state index contributed by atoms with van der Waals surface area (Å²) >= 11 is 0. The second kappa shape index (κ2) is 23.8. The zero-order valence-corrected chi connectivity index (χ0v) is 49.0. The van der Waals surface area contributed by atoms with Gasteiger partial charge in [0.25, 0.3) is 0 Å². The molecule has 3 saturated carbocycles. The summed E-state index contributed by atoms with van der Waals surface area (Å²) in [6.07, 6.45) is 5.92. The van der Waals surface area contributed by atoms with Crippen LogP contribution in [-0.4, -0.2) is 111 Å². The summed E-state index contributed by atoms with van der Waals surface area (Å²) in [5, 5.41) is 83.3. The van der Waals surface area contributed by atoms with Gasteiger partial charge in [-0.3, -0.25) is 9.59 Å². The first kappa shape index (κ1) is 57.8. The van der Waals surface area contributed by atoms with Gasteiger partial charge in [0.05, 0.1) is 31.2 Å². The molecule has 6 aliphatic carbocycles. The number of aliphatic hydroxyl groups excluding tert-OH is 4. The van der Waals surface area contributed by atoms with Crippen LogP contribution in [0.25, 0.3) is 10.8 Å². The topological polar surface area (TPSA) is 243 Å². The van der Waals surface area contributed by atoms with Crippen LogP contribution in [0.15, 0.2) is 115 Å². The minimum atomic E-state index is -1.48. The van der Waals surface area contributed by atoms with Crippen molar-refractivity contribution < 1.29 is 45.0 Å². The van der Waals surface area contributed by atoms with Crippen molar-refractivity contribution in [3.05, 3.63) is 154 Å². The van der Waals surface area contributed by atoms with E-state index in [1.807, 2.05) is 18.2 Å². The van der Waals surface area contributed by atoms with Crippen molar-refractivity contribution in [1.29, 1.82) is 0 Å². The van der Waals surface area contributed by atoms with E-state index in [1.54, 1.807) is 12.1 Å². The van der Waals surface area contributed by atoms with Gasteiger partial charge in [-0.15, -0.1) is 0 Å². The maximum absolute atomic E-state index is 15.2. The molecule has 14 heteroatoms. The molecule has 3 heterocycles. The number of benzene rings is 4. The third-order valence-corrected chi connectivity index (χ3v) is 22.4. The molecular weight excluding hydrogens is 1070 g/mol. The maximum atomic E-state index is 15.2. The Labute approximate surface area is 499 Å². The number of fused-ring (bicyclic) bond motifs is 3. The number of Topliss-reactive ketones (excluding diaryl/α,β-unsaturated/α-hetero) is 2. The van der Waals surface area contributed by atoms with E-state index in [-0.39, 0.29) is 126 Å². The van der Waals surface area contributed by atoms with Crippen LogP contribution in [0.2, 0.25) is 0 Å². The number of carbonyl (C=O) groups excluding carboxylic acids is 2. The number of ether oxygens (including phenoxy) is 1. The fourth-order valence-corrected chi connectivity index (χ4v) is 18.7. The molecule has 4 fully saturated rings. The first-order valence-electron chi connectivity index (χ1n) is 31.7. The van der Waals surface area contributed by atoms with Crippen molar-refractivity contribution >= 4 is 22.3 Å². The highest BCUT2D eigenvalue weighted by molar-refractivity contribution is 5.89. The van der Waals surface area contributed by atoms with E-state index in [1.165, 1.54) is 29.5 Å². The van der Waals surface area contributed by atoms with Crippen molar-refractivity contribution in [2.24, 2.45) is 58.5 Å². The number of aromatic amines is 1. The average molecular weight is 1150 g/mol. The summed E-state index contributed by atoms with van der Waals surface area (Å²) in [6.45, 7) is 4.89. The number of carbonyl (C=O) groups is 2. The van der Waals surface area contributed by atoms with Gasteiger partial charge in [0.2, 0.25) is 0 Å². The van der Waals surface area contributed by atoms with Crippen LogP contribution < -0.4 is 26.4 Å². The fourth-order valence-electron chi connectivity index (χ4n) is 18.7. The number of dihydropyridines is 1. The number of phenols is 1. The van der Waals surface area contributed by atoms with Gasteiger partial charge in [-0.25, -0.2) is 0 Å². The Hall–Kier alpha value is -6.28. The second-order valence-electron chi connectivity index (χ2n) is 26.6. The normalized spacial score (nSPS) is 32.9. The molecule has 12 N–H and O–H groups in total. The molecule has 14 nitrogen and oxygen atoms in total. The van der Waals surface area contributed by atoms with Gasteiger partial charge in [0.15, 0.2) is 23.6 Å². The molecule has 13 rings (SSSR count). The van der Waals surface area contributed by atoms with E-state index in [0.717, 1.165) is 59.9 Å². The highest BCUT2D eigenvalue weighted by Crippen LogP contribution is 2.69. The number of rotatable bonds is 17. The quantitative estimate of drug-likeness (QED) is 0.0315. The fraction of sp³-hybridized carbons (Fsp3) is 0.521. The van der Waals surface area contributed by atoms with E-state index in [2.05, 4.69) is 113 Å². The van der Waals surface area contributed by atoms with Crippen LogP contribution in [0.1, 0.15) is 140 Å². The number of ketones is 2. The van der Waals surface area contributed by atoms with Crippen LogP contribution in [0, 0.1) is 64.6 Å². The summed E-state index contributed by atoms with van der Waals surface area (Å²) in [5.74, 6) is 7.97. The molecule has 4 aromatic carbocycles. The van der Waals surface area contributed by atoms with Crippen LogP contribution in [-0.2, 0) is 22.4 Å². The zero-order valence-electron chi connectivity index (χ0n) is 49.0. The van der Waals surface area contributed by atoms with E-state index < -0.39 is 35.9 Å². The molecule has 1 spiro atoms. The van der Waals surface area contributed by atoms with Crippen LogP contribution in [0.3, 0.4) is 0 Å². The number of phenolic OH excluding ortho intramolecular Hbond substituents is 1. The van der Waals surface area contributed by atoms with Crippen LogP contribution >= 0.6 is 0 Å². The number of allylic oxidation sites excluding steroid dienone is 2. The molecule has 85 heavy (non-hydrogen) atoms. The second-order valence-corrected chi connectivity index (χ2v) is 26.6. The summed E-state index contributed by atoms with van der Waals surface area (Å²) in [5.41, 5.74) is 13.4. The lowest BCUT2D eigenvalue weighted by Gasteiger charge is -2.65. The van der Waals surface area contributed by atoms with Gasteiger partial charge in [0.1, 0.15) is 11.2 Å². The number of nitrogens with one attached hydrogen (secondary N) is 4. The van der Waals surface area contributed by atoms with Gasteiger partial charge < -0.3 is 62.0 Å². The minimum absolute atomic E-state index is 0.0173. The lowest BCUT2D eigenvalue weighted by Crippen LogP contribution is -2.67. The Kier molecular flexibility index (Phi) is 16.2. The largest absolute Gasteiger partial charge is 0.504 e. The highest BCUT2D eigenvalue weighted by Gasteiger charge is 2.66. The van der Waals surface area contributed by atoms with Gasteiger partial charge >= 0.3 is 0 Å². The number of aromatic nitrogens is 1. The molecular formula is C71H85N5O9. The molecule has 448 valence electrons. The lowest BCUT2D eigenvalue weighted by molar-refractivity contribution is -0.146. The van der Waals surface area contributed by atoms with Gasteiger partial charge in [-0.2, -0.15) is 0 Å². The molecule has 18 atom stereocenters. The number of hydrogen-bond donors (Lipinski definition) is 11. The Bertz CT molecular complexity index is 3440. The summed E-state index contributed by atoms with van der Waals surface area (Å²) in [4.78, 5) is 33.7. The molecule has 0 unspecified atom stereocenters. The first-order chi connectivity index (χ1) is 41.2. The van der Waals surface area contributed by atoms with Crippen LogP contribution in [0.4, 0.5) is 0 Å². The predicted molar refractivity (Wildman–Crippen MR) is 326 cm³/mol. The lowest BCUT2D eigenvalue weighted by atomic mass is 9.41. The Balaban J connectivity index is 0.836. The standard InChI is InChI=1S/C71H85N5O9/c1-3-73-35-53-64(47(16-18-63(83)84)52-37-75-54-34-55(77)50-27-46(25-38-9-5-4-6-10-38)51-36-76-70-67(51)65(50)69(54)66(52)68(53)70)45-20-23-71(61(82)30-45)22-19-43(49-33-58(80)59(85-2)29-42(49)15-17-60(71)81)28-56(78)57(79)32-48(44-21-24-74-62(72)31-44)41-14-13-39-11-7-8-12-40(39)26-41/h4-14,21,26,29,31,33,36,43,45-48,50,52-54,56-57,61,63-66,68-69,73-76,78-80,82-84H,3,15-18,20,23-25,27-28,30,32,34-35,37,72H2,1-2H3/t43-,45+,46-,47-,48-,50+,52+,53+,54+,56-,57+,61+,64+,65-,66+,68-,69-,71+/m0/s1. The maximum Gasteiger partial charge on any atom is 0.160 e. The van der Waals surface area contributed by atoms with Gasteiger partial charge in [-0.1, -0.05) is 97.6 Å². The SMILES string of the molecule is CCNC[C@H]1[C@@H]2c3[nH]cc4c3[C@H]3[C@H]5[C@@H]2[C@H](CN[C@@H]5CC(=O)[C@H]3C[C@@H]4Cc2ccccc2)[C@H](CCC(O)O)[C@H]1[C@@H]1CC[C@@]2(C#C[C@@H](C[C@H](O)[C@H](O)C[C@H](C3=CCNC(N)=C3)c3ccc4ccccc4c3)c3cc(O)c(OC)cc3CCC2=O)[C@H](O)C1. The van der Waals surface area contributed by atoms with Crippen molar-refractivity contribution in [2.45, 2.75) is 144 Å². The number of nitrogens with two attached hydrogens (primary N) is 1. The molecule has 5 aromatic rings. The highest BCUT2D eigenvalue weighted by atomic mass is 16.5. The monoisotopic (exact) mass is 1150 g/mol. The molecule has 1 saturated heterocycles. The number of aliphatic hydroxyl groups is 5. The van der Waals surface area contributed by atoms with E-state index in [0.29, 0.717) is 55.8 Å². The van der Waals surface area contributed by atoms with Crippen LogP contribution in [0.5, 0.6) is 11.5 Å². The Morgan fingerprint density at radius 1 is 0.894 bits per heavy atom. The number of aryl methyl sites for hydroxylation is 1. The van der Waals surface area contributed by atoms with Crippen molar-refractivity contribution in [2.75, 3.05) is 33.3 Å².